The van der Waals surface area contributed by atoms with E-state index in [1.807, 2.05) is 6.92 Å². The molecule has 1 fully saturated rings. The number of ether oxygens (including phenoxy) is 1. The van der Waals surface area contributed by atoms with Crippen molar-refractivity contribution in [3.63, 3.8) is 0 Å². The maximum absolute atomic E-state index is 10.0. The molecule has 0 saturated carbocycles. The van der Waals surface area contributed by atoms with Crippen molar-refractivity contribution >= 4 is 28.7 Å². The van der Waals surface area contributed by atoms with Crippen LogP contribution in [0.15, 0.2) is 46.8 Å². The van der Waals surface area contributed by atoms with E-state index in [1.165, 1.54) is 12.4 Å². The molecule has 1 aliphatic heterocycles. The molecule has 3 aromatic heterocycles. The molecule has 0 spiro atoms. The summed E-state index contributed by atoms with van der Waals surface area (Å²) in [6, 6.07) is 8.88. The third-order valence-corrected chi connectivity index (χ3v) is 6.15. The summed E-state index contributed by atoms with van der Waals surface area (Å²) in [5.41, 5.74) is 2.83. The molecule has 1 aliphatic rings. The Labute approximate surface area is 212 Å². The van der Waals surface area contributed by atoms with Crippen LogP contribution in [0.25, 0.3) is 5.65 Å². The highest BCUT2D eigenvalue weighted by Crippen LogP contribution is 2.26. The van der Waals surface area contributed by atoms with Crippen molar-refractivity contribution in [2.75, 3.05) is 19.7 Å². The minimum Gasteiger partial charge on any atom is -0.466 e. The summed E-state index contributed by atoms with van der Waals surface area (Å²) in [6.45, 7) is 2.77. The average molecular weight is 506 g/mol. The molecular formula is C24H24ClN9O2. The summed E-state index contributed by atoms with van der Waals surface area (Å²) < 4.78 is 7.68. The number of piperidine rings is 1. The number of aliphatic hydroxyl groups excluding tert-OH is 1. The lowest BCUT2D eigenvalue weighted by Crippen LogP contribution is -2.32. The summed E-state index contributed by atoms with van der Waals surface area (Å²) in [7, 11) is 0. The molecule has 3 N–H and O–H groups in total. The van der Waals surface area contributed by atoms with E-state index in [0.29, 0.717) is 46.4 Å². The van der Waals surface area contributed by atoms with Crippen molar-refractivity contribution in [3.8, 4) is 18.1 Å². The van der Waals surface area contributed by atoms with Crippen LogP contribution in [0.2, 0.25) is 5.02 Å². The van der Waals surface area contributed by atoms with Gasteiger partial charge in [0, 0.05) is 30.9 Å². The van der Waals surface area contributed by atoms with Crippen LogP contribution in [0.5, 0.6) is 5.88 Å². The second-order valence-corrected chi connectivity index (χ2v) is 8.67. The second-order valence-electron chi connectivity index (χ2n) is 8.23. The molecule has 4 heterocycles. The van der Waals surface area contributed by atoms with Crippen molar-refractivity contribution in [2.45, 2.75) is 31.9 Å². The first-order chi connectivity index (χ1) is 17.5. The van der Waals surface area contributed by atoms with Gasteiger partial charge in [-0.25, -0.2) is 4.98 Å². The van der Waals surface area contributed by atoms with Gasteiger partial charge in [0.05, 0.1) is 35.3 Å². The van der Waals surface area contributed by atoms with Crippen molar-refractivity contribution in [1.29, 1.82) is 10.5 Å². The lowest BCUT2D eigenvalue weighted by Gasteiger charge is -2.26. The topological polar surface area (TPSA) is 161 Å². The largest absolute Gasteiger partial charge is 0.466 e. The number of pyridine rings is 2. The third kappa shape index (κ3) is 5.23. The highest BCUT2D eigenvalue weighted by atomic mass is 35.5. The minimum atomic E-state index is -0.826. The first kappa shape index (κ1) is 24.9. The Kier molecular flexibility index (Phi) is 7.64. The number of rotatable bonds is 7. The predicted octanol–water partition coefficient (Wildman–Crippen LogP) is 2.44. The fourth-order valence-corrected chi connectivity index (χ4v) is 4.21. The highest BCUT2D eigenvalue weighted by Gasteiger charge is 2.22. The van der Waals surface area contributed by atoms with Crippen LogP contribution in [0.1, 0.15) is 42.8 Å². The van der Waals surface area contributed by atoms with Gasteiger partial charge in [-0.1, -0.05) is 11.6 Å². The number of nitriles is 2. The van der Waals surface area contributed by atoms with Gasteiger partial charge in [0.1, 0.15) is 23.1 Å². The van der Waals surface area contributed by atoms with E-state index in [1.54, 1.807) is 33.6 Å². The zero-order valence-corrected chi connectivity index (χ0v) is 20.3. The Morgan fingerprint density at radius 2 is 2.06 bits per heavy atom. The SMILES string of the molecule is CC(=NC1CCN(C#N)CC1)/C(=N\N)c1cc(OC(CO)c2ccc(Cl)cn2)n2c(C#N)cnc2c1. The van der Waals surface area contributed by atoms with Gasteiger partial charge >= 0.3 is 0 Å². The molecule has 1 atom stereocenters. The van der Waals surface area contributed by atoms with E-state index < -0.39 is 6.10 Å². The standard InChI is InChI=1S/C24H24ClN9O2/c1-15(31-18-4-6-33(14-27)7-5-18)24(32-28)16-8-22-30-12-19(10-26)34(22)23(9-16)36-21(13-35)20-3-2-17(25)11-29-20/h2-3,8-9,11-12,18,21,35H,4-7,13,28H2,1H3/b31-15?,32-24+. The van der Waals surface area contributed by atoms with Crippen molar-refractivity contribution in [1.82, 2.24) is 19.3 Å². The number of aliphatic hydroxyl groups is 1. The van der Waals surface area contributed by atoms with Gasteiger partial charge in [-0.3, -0.25) is 14.4 Å². The highest BCUT2D eigenvalue weighted by molar-refractivity contribution is 6.47. The summed E-state index contributed by atoms with van der Waals surface area (Å²) in [5.74, 6) is 6.04. The summed E-state index contributed by atoms with van der Waals surface area (Å²) in [6.07, 6.45) is 5.76. The number of hydrazone groups is 1. The van der Waals surface area contributed by atoms with E-state index in [-0.39, 0.29) is 24.2 Å². The smallest absolute Gasteiger partial charge is 0.201 e. The maximum Gasteiger partial charge on any atom is 0.201 e. The molecule has 184 valence electrons. The number of imidazole rings is 1. The van der Waals surface area contributed by atoms with Crippen LogP contribution in [0.4, 0.5) is 0 Å². The predicted molar refractivity (Wildman–Crippen MR) is 134 cm³/mol. The van der Waals surface area contributed by atoms with Gasteiger partial charge in [-0.2, -0.15) is 15.6 Å². The number of halogens is 1. The molecule has 11 nitrogen and oxygen atoms in total. The van der Waals surface area contributed by atoms with Crippen molar-refractivity contribution < 1.29 is 9.84 Å². The maximum atomic E-state index is 10.0. The minimum absolute atomic E-state index is 0.0529. The van der Waals surface area contributed by atoms with Crippen molar-refractivity contribution in [3.05, 3.63) is 58.6 Å². The van der Waals surface area contributed by atoms with Crippen LogP contribution in [-0.2, 0) is 0 Å². The Morgan fingerprint density at radius 1 is 1.28 bits per heavy atom. The number of hydrogen-bond acceptors (Lipinski definition) is 10. The number of fused-ring (bicyclic) bond motifs is 1. The molecule has 0 amide bonds. The molecule has 0 aromatic carbocycles. The van der Waals surface area contributed by atoms with Gasteiger partial charge in [0.2, 0.25) is 5.88 Å². The zero-order valence-electron chi connectivity index (χ0n) is 19.5. The molecular weight excluding hydrogens is 482 g/mol. The van der Waals surface area contributed by atoms with E-state index in [2.05, 4.69) is 27.3 Å². The lowest BCUT2D eigenvalue weighted by molar-refractivity contribution is 0.107. The number of likely N-dealkylation sites (tertiary alicyclic amines) is 1. The van der Waals surface area contributed by atoms with E-state index >= 15 is 0 Å². The van der Waals surface area contributed by atoms with Crippen LogP contribution in [-0.4, -0.2) is 61.5 Å². The fraction of sp³-hybridized carbons (Fsp3) is 0.333. The molecule has 3 aromatic rings. The van der Waals surface area contributed by atoms with Gasteiger partial charge in [0.15, 0.2) is 12.3 Å². The Balaban J connectivity index is 1.71. The first-order valence-electron chi connectivity index (χ1n) is 11.3. The van der Waals surface area contributed by atoms with E-state index in [4.69, 9.17) is 32.4 Å². The second kappa shape index (κ2) is 11.0. The lowest BCUT2D eigenvalue weighted by atomic mass is 10.0. The molecule has 1 saturated heterocycles. The normalized spacial score (nSPS) is 16.0. The van der Waals surface area contributed by atoms with E-state index in [9.17, 15) is 10.4 Å². The number of aliphatic imine (C=N–C) groups is 1. The molecule has 4 rings (SSSR count). The quantitative estimate of drug-likeness (QED) is 0.214. The summed E-state index contributed by atoms with van der Waals surface area (Å²) >= 11 is 5.94. The van der Waals surface area contributed by atoms with Gasteiger partial charge in [-0.05, 0) is 38.0 Å². The third-order valence-electron chi connectivity index (χ3n) is 5.92. The fourth-order valence-electron chi connectivity index (χ4n) is 4.10. The monoisotopic (exact) mass is 505 g/mol. The number of aromatic nitrogens is 3. The van der Waals surface area contributed by atoms with Crippen LogP contribution >= 0.6 is 11.6 Å². The molecule has 12 heteroatoms. The van der Waals surface area contributed by atoms with Crippen molar-refractivity contribution in [2.24, 2.45) is 15.9 Å². The number of nitrogens with two attached hydrogens (primary N) is 1. The van der Waals surface area contributed by atoms with Crippen LogP contribution in [0, 0.1) is 22.8 Å². The van der Waals surface area contributed by atoms with Gasteiger partial charge < -0.3 is 20.6 Å². The molecule has 0 aliphatic carbocycles. The number of nitrogens with zero attached hydrogens (tertiary/aromatic N) is 8. The summed E-state index contributed by atoms with van der Waals surface area (Å²) in [4.78, 5) is 15.1. The average Bonchev–Trinajstić information content (AvgIpc) is 3.32. The summed E-state index contributed by atoms with van der Waals surface area (Å²) in [5, 5.41) is 33.1. The number of hydrogen-bond donors (Lipinski definition) is 2. The molecule has 0 bridgehead atoms. The Hall–Kier alpha value is -4.19. The molecule has 0 radical (unpaired) electrons. The Bertz CT molecular complexity index is 1380. The zero-order chi connectivity index (χ0) is 25.7. The molecule has 1 unspecified atom stereocenters. The van der Waals surface area contributed by atoms with Crippen LogP contribution in [0.3, 0.4) is 0 Å². The van der Waals surface area contributed by atoms with Crippen LogP contribution < -0.4 is 10.6 Å². The van der Waals surface area contributed by atoms with Gasteiger partial charge in [-0.15, -0.1) is 0 Å². The first-order valence-corrected chi connectivity index (χ1v) is 11.6. The molecule has 36 heavy (non-hydrogen) atoms. The Morgan fingerprint density at radius 3 is 2.67 bits per heavy atom. The van der Waals surface area contributed by atoms with E-state index in [0.717, 1.165) is 12.8 Å². The van der Waals surface area contributed by atoms with Gasteiger partial charge in [0.25, 0.3) is 0 Å².